The van der Waals surface area contributed by atoms with Gasteiger partial charge in [0.25, 0.3) is 0 Å². The number of piperazine rings is 1. The van der Waals surface area contributed by atoms with Crippen LogP contribution in [0.3, 0.4) is 0 Å². The summed E-state index contributed by atoms with van der Waals surface area (Å²) in [5.74, 6) is 1.08. The highest BCUT2D eigenvalue weighted by Gasteiger charge is 2.18. The zero-order valence-electron chi connectivity index (χ0n) is 16.7. The summed E-state index contributed by atoms with van der Waals surface area (Å²) >= 11 is 0. The van der Waals surface area contributed by atoms with Crippen LogP contribution < -0.4 is 10.2 Å². The molecule has 0 radical (unpaired) electrons. The molecular weight excluding hydrogens is 376 g/mol. The molecule has 1 aliphatic rings. The maximum Gasteiger partial charge on any atom is 0.249 e. The van der Waals surface area contributed by atoms with Gasteiger partial charge in [0.15, 0.2) is 0 Å². The number of carbonyl (C=O) groups excluding carboxylic acids is 1. The number of nitrogens with zero attached hydrogens (tertiary/aromatic N) is 5. The Kier molecular flexibility index (Phi) is 6.41. The molecule has 2 aromatic heterocycles. The highest BCUT2D eigenvalue weighted by Crippen LogP contribution is 2.17. The second kappa shape index (κ2) is 9.76. The second-order valence-electron chi connectivity index (χ2n) is 7.12. The number of hydrogen-bond acceptors (Lipinski definition) is 6. The third kappa shape index (κ3) is 5.48. The molecule has 152 valence electrons. The van der Waals surface area contributed by atoms with Gasteiger partial charge in [0.05, 0.1) is 0 Å². The van der Waals surface area contributed by atoms with Gasteiger partial charge in [0.2, 0.25) is 5.91 Å². The molecule has 0 aliphatic carbocycles. The lowest BCUT2D eigenvalue weighted by molar-refractivity contribution is -0.111. The normalized spacial score (nSPS) is 14.7. The largest absolute Gasteiger partial charge is 0.354 e. The van der Waals surface area contributed by atoms with Crippen molar-refractivity contribution < 1.29 is 4.79 Å². The summed E-state index contributed by atoms with van der Waals surface area (Å²) < 4.78 is 0. The molecule has 1 saturated heterocycles. The minimum absolute atomic E-state index is 0.240. The minimum atomic E-state index is -0.240. The molecule has 3 heterocycles. The van der Waals surface area contributed by atoms with E-state index in [-0.39, 0.29) is 5.91 Å². The van der Waals surface area contributed by atoms with E-state index in [0.717, 1.165) is 44.1 Å². The molecule has 4 rings (SSSR count). The van der Waals surface area contributed by atoms with E-state index in [1.807, 2.05) is 24.3 Å². The van der Waals surface area contributed by atoms with Gasteiger partial charge in [-0.2, -0.15) is 0 Å². The minimum Gasteiger partial charge on any atom is -0.354 e. The van der Waals surface area contributed by atoms with Crippen LogP contribution in [0.4, 0.5) is 11.6 Å². The molecule has 0 atom stereocenters. The van der Waals surface area contributed by atoms with E-state index in [2.05, 4.69) is 54.3 Å². The molecule has 30 heavy (non-hydrogen) atoms. The Morgan fingerprint density at radius 3 is 2.63 bits per heavy atom. The van der Waals surface area contributed by atoms with Crippen molar-refractivity contribution in [3.05, 3.63) is 84.5 Å². The smallest absolute Gasteiger partial charge is 0.249 e. The Labute approximate surface area is 176 Å². The fourth-order valence-corrected chi connectivity index (χ4v) is 3.38. The first-order valence-electron chi connectivity index (χ1n) is 9.99. The molecule has 0 saturated carbocycles. The molecule has 1 fully saturated rings. The van der Waals surface area contributed by atoms with Crippen LogP contribution in [0.1, 0.15) is 11.1 Å². The Morgan fingerprint density at radius 2 is 1.87 bits per heavy atom. The fraction of sp³-hybridized carbons (Fsp3) is 0.217. The van der Waals surface area contributed by atoms with Gasteiger partial charge >= 0.3 is 0 Å². The molecule has 1 amide bonds. The zero-order chi connectivity index (χ0) is 20.6. The van der Waals surface area contributed by atoms with Crippen molar-refractivity contribution in [3.8, 4) is 0 Å². The molecular formula is C23H24N6O. The Hall–Kier alpha value is -3.58. The SMILES string of the molecule is O=C(/C=C/c1cccnc1)Nc1cc(N2CCN(Cc3ccccc3)CC2)ncn1. The number of carbonyl (C=O) groups is 1. The van der Waals surface area contributed by atoms with Crippen LogP contribution in [-0.4, -0.2) is 51.9 Å². The van der Waals surface area contributed by atoms with Crippen molar-refractivity contribution >= 4 is 23.6 Å². The summed E-state index contributed by atoms with van der Waals surface area (Å²) in [6.45, 7) is 4.67. The van der Waals surface area contributed by atoms with E-state index < -0.39 is 0 Å². The molecule has 7 nitrogen and oxygen atoms in total. The summed E-state index contributed by atoms with van der Waals surface area (Å²) in [6, 6.07) is 16.1. The molecule has 7 heteroatoms. The maximum atomic E-state index is 12.2. The molecule has 0 bridgehead atoms. The van der Waals surface area contributed by atoms with Gasteiger partial charge < -0.3 is 10.2 Å². The number of rotatable bonds is 6. The average Bonchev–Trinajstić information content (AvgIpc) is 2.80. The second-order valence-corrected chi connectivity index (χ2v) is 7.12. The number of nitrogens with one attached hydrogen (secondary N) is 1. The van der Waals surface area contributed by atoms with Gasteiger partial charge in [-0.3, -0.25) is 14.7 Å². The summed E-state index contributed by atoms with van der Waals surface area (Å²) in [4.78, 5) is 29.5. The molecule has 0 unspecified atom stereocenters. The van der Waals surface area contributed by atoms with Gasteiger partial charge in [-0.25, -0.2) is 9.97 Å². The van der Waals surface area contributed by atoms with Crippen molar-refractivity contribution in [1.82, 2.24) is 19.9 Å². The first-order chi connectivity index (χ1) is 14.8. The quantitative estimate of drug-likeness (QED) is 0.642. The first-order valence-corrected chi connectivity index (χ1v) is 9.99. The lowest BCUT2D eigenvalue weighted by Gasteiger charge is -2.35. The van der Waals surface area contributed by atoms with Crippen LogP contribution in [0.25, 0.3) is 6.08 Å². The van der Waals surface area contributed by atoms with Crippen LogP contribution in [0, 0.1) is 0 Å². The third-order valence-electron chi connectivity index (χ3n) is 4.96. The van der Waals surface area contributed by atoms with Crippen LogP contribution in [-0.2, 0) is 11.3 Å². The predicted molar refractivity (Wildman–Crippen MR) is 118 cm³/mol. The lowest BCUT2D eigenvalue weighted by atomic mass is 10.2. The first kappa shape index (κ1) is 19.7. The van der Waals surface area contributed by atoms with E-state index >= 15 is 0 Å². The number of pyridine rings is 1. The standard InChI is InChI=1S/C23H24N6O/c30-23(9-8-19-7-4-10-24-16-19)27-21-15-22(26-18-25-21)29-13-11-28(12-14-29)17-20-5-2-1-3-6-20/h1-10,15-16,18H,11-14,17H2,(H,25,26,27,30)/b9-8+. The molecule has 1 N–H and O–H groups in total. The fourth-order valence-electron chi connectivity index (χ4n) is 3.38. The van der Waals surface area contributed by atoms with E-state index in [1.54, 1.807) is 18.5 Å². The van der Waals surface area contributed by atoms with E-state index in [4.69, 9.17) is 0 Å². The van der Waals surface area contributed by atoms with Crippen molar-refractivity contribution in [3.63, 3.8) is 0 Å². The van der Waals surface area contributed by atoms with Crippen molar-refractivity contribution in [2.75, 3.05) is 36.4 Å². The summed E-state index contributed by atoms with van der Waals surface area (Å²) in [5, 5.41) is 2.80. The number of hydrogen-bond donors (Lipinski definition) is 1. The van der Waals surface area contributed by atoms with Crippen LogP contribution in [0.15, 0.2) is 73.3 Å². The van der Waals surface area contributed by atoms with Gasteiger partial charge in [0, 0.05) is 57.3 Å². The number of amides is 1. The lowest BCUT2D eigenvalue weighted by Crippen LogP contribution is -2.46. The van der Waals surface area contributed by atoms with Crippen molar-refractivity contribution in [2.45, 2.75) is 6.54 Å². The van der Waals surface area contributed by atoms with Crippen molar-refractivity contribution in [1.29, 1.82) is 0 Å². The molecule has 1 aliphatic heterocycles. The number of benzene rings is 1. The summed E-state index contributed by atoms with van der Waals surface area (Å²) in [6.07, 6.45) is 8.08. The summed E-state index contributed by atoms with van der Waals surface area (Å²) in [7, 11) is 0. The number of aromatic nitrogens is 3. The van der Waals surface area contributed by atoms with Crippen LogP contribution in [0.2, 0.25) is 0 Å². The van der Waals surface area contributed by atoms with Gasteiger partial charge in [-0.1, -0.05) is 36.4 Å². The van der Waals surface area contributed by atoms with Gasteiger partial charge in [0.1, 0.15) is 18.0 Å². The Morgan fingerprint density at radius 1 is 1.03 bits per heavy atom. The average molecular weight is 400 g/mol. The van der Waals surface area contributed by atoms with E-state index in [1.165, 1.54) is 18.0 Å². The van der Waals surface area contributed by atoms with Crippen LogP contribution >= 0.6 is 0 Å². The van der Waals surface area contributed by atoms with Gasteiger partial charge in [-0.15, -0.1) is 0 Å². The summed E-state index contributed by atoms with van der Waals surface area (Å²) in [5.41, 5.74) is 2.20. The highest BCUT2D eigenvalue weighted by atomic mass is 16.1. The van der Waals surface area contributed by atoms with Gasteiger partial charge in [-0.05, 0) is 23.3 Å². The topological polar surface area (TPSA) is 74.2 Å². The monoisotopic (exact) mass is 400 g/mol. The maximum absolute atomic E-state index is 12.2. The predicted octanol–water partition coefficient (Wildman–Crippen LogP) is 2.85. The van der Waals surface area contributed by atoms with Crippen molar-refractivity contribution in [2.24, 2.45) is 0 Å². The molecule has 1 aromatic carbocycles. The molecule has 0 spiro atoms. The number of anilines is 2. The van der Waals surface area contributed by atoms with E-state index in [0.29, 0.717) is 5.82 Å². The van der Waals surface area contributed by atoms with Crippen LogP contribution in [0.5, 0.6) is 0 Å². The Balaban J connectivity index is 1.31. The zero-order valence-corrected chi connectivity index (χ0v) is 16.7. The third-order valence-corrected chi connectivity index (χ3v) is 4.96. The highest BCUT2D eigenvalue weighted by molar-refractivity contribution is 6.01. The Bertz CT molecular complexity index is 985. The van der Waals surface area contributed by atoms with E-state index in [9.17, 15) is 4.79 Å². The molecule has 3 aromatic rings.